The summed E-state index contributed by atoms with van der Waals surface area (Å²) in [6.45, 7) is 13.8. The van der Waals surface area contributed by atoms with Crippen molar-refractivity contribution < 1.29 is 4.70 Å². The van der Waals surface area contributed by atoms with E-state index < -0.39 is 0 Å². The average molecular weight is 653 g/mol. The summed E-state index contributed by atoms with van der Waals surface area (Å²) in [6.07, 6.45) is 28.8. The Morgan fingerprint density at radius 2 is 0.604 bits per heavy atom. The summed E-state index contributed by atoms with van der Waals surface area (Å²) in [4.78, 5) is 0. The van der Waals surface area contributed by atoms with Crippen LogP contribution in [0.2, 0.25) is 0 Å². The SMILES string of the molecule is CCCCCC1=C(c2cc(CCCCC)cc(CCCCC)c2)[N+](=[N-])C(c2cc(CCCCC)cc(CCCCC)c2)=C1CCCCC. The Balaban J connectivity index is 2.20. The Morgan fingerprint density at radius 1 is 0.354 bits per heavy atom. The van der Waals surface area contributed by atoms with Crippen molar-refractivity contribution in [1.82, 2.24) is 0 Å². The van der Waals surface area contributed by atoms with Gasteiger partial charge in [-0.25, -0.2) is 4.70 Å². The molecule has 0 N–H and O–H groups in total. The highest BCUT2D eigenvalue weighted by atomic mass is 15.2. The molecule has 0 aromatic heterocycles. The summed E-state index contributed by atoms with van der Waals surface area (Å²) >= 11 is 0. The van der Waals surface area contributed by atoms with Gasteiger partial charge in [0.25, 0.3) is 0 Å². The number of unbranched alkanes of at least 4 members (excludes halogenated alkanes) is 12. The Kier molecular flexibility index (Phi) is 19.2. The smallest absolute Gasteiger partial charge is 0.211 e. The third kappa shape index (κ3) is 12.4. The van der Waals surface area contributed by atoms with Crippen LogP contribution in [0.3, 0.4) is 0 Å². The van der Waals surface area contributed by atoms with Gasteiger partial charge in [0.2, 0.25) is 11.4 Å². The highest BCUT2D eigenvalue weighted by Gasteiger charge is 2.35. The molecule has 48 heavy (non-hydrogen) atoms. The topological polar surface area (TPSA) is 25.3 Å². The molecule has 2 aromatic carbocycles. The zero-order chi connectivity index (χ0) is 34.6. The lowest BCUT2D eigenvalue weighted by Crippen LogP contribution is -2.05. The number of nitrogens with zero attached hydrogens (tertiary/aromatic N) is 2. The van der Waals surface area contributed by atoms with Gasteiger partial charge in [0.05, 0.1) is 0 Å². The number of hydrogen-bond acceptors (Lipinski definition) is 0. The minimum Gasteiger partial charge on any atom is -0.493 e. The molecule has 0 bridgehead atoms. The lowest BCUT2D eigenvalue weighted by Gasteiger charge is -2.15. The normalized spacial score (nSPS) is 13.4. The molecule has 1 aliphatic heterocycles. The van der Waals surface area contributed by atoms with Crippen LogP contribution in [-0.2, 0) is 25.7 Å². The van der Waals surface area contributed by atoms with Crippen LogP contribution < -0.4 is 0 Å². The Labute approximate surface area is 297 Å². The van der Waals surface area contributed by atoms with Crippen LogP contribution in [0.25, 0.3) is 16.9 Å². The summed E-state index contributed by atoms with van der Waals surface area (Å²) in [6, 6.07) is 14.7. The zero-order valence-electron chi connectivity index (χ0n) is 32.3. The average Bonchev–Trinajstić information content (AvgIpc) is 3.35. The molecule has 2 nitrogen and oxygen atoms in total. The molecular formula is C46H72N2. The second-order valence-electron chi connectivity index (χ2n) is 14.8. The standard InChI is InChI=1S/C46H72N2/c1-7-13-19-25-37-31-38(26-20-14-8-2)34-41(33-37)45-43(29-23-17-11-5)44(30-24-18-12-6)46(48(45)47)42-35-39(27-21-15-9-3)32-40(36-42)28-22-16-10-4/h31-36H,7-30H2,1-6H3. The van der Waals surface area contributed by atoms with E-state index in [0.29, 0.717) is 0 Å². The number of rotatable bonds is 26. The quantitative estimate of drug-likeness (QED) is 0.0714. The highest BCUT2D eigenvalue weighted by molar-refractivity contribution is 5.82. The minimum absolute atomic E-state index is 1.04. The minimum atomic E-state index is 1.04. The molecule has 0 saturated heterocycles. The molecule has 0 unspecified atom stereocenters. The van der Waals surface area contributed by atoms with Gasteiger partial charge in [-0.3, -0.25) is 0 Å². The first-order valence-corrected chi connectivity index (χ1v) is 20.7. The van der Waals surface area contributed by atoms with E-state index in [1.54, 1.807) is 4.70 Å². The number of hydrogen-bond donors (Lipinski definition) is 0. The molecule has 0 atom stereocenters. The third-order valence-electron chi connectivity index (χ3n) is 10.3. The molecule has 1 aliphatic rings. The van der Waals surface area contributed by atoms with Crippen LogP contribution >= 0.6 is 0 Å². The zero-order valence-corrected chi connectivity index (χ0v) is 32.3. The van der Waals surface area contributed by atoms with Gasteiger partial charge in [-0.2, -0.15) is 0 Å². The van der Waals surface area contributed by atoms with Crippen molar-refractivity contribution in [3.05, 3.63) is 86.5 Å². The predicted molar refractivity (Wildman–Crippen MR) is 212 cm³/mol. The van der Waals surface area contributed by atoms with Crippen LogP contribution in [-0.4, -0.2) is 4.70 Å². The Hall–Kier alpha value is -2.48. The van der Waals surface area contributed by atoms with Crippen molar-refractivity contribution in [3.8, 4) is 0 Å². The molecule has 2 heteroatoms. The van der Waals surface area contributed by atoms with E-state index >= 15 is 0 Å². The number of allylic oxidation sites excluding steroid dienone is 2. The maximum Gasteiger partial charge on any atom is 0.211 e. The van der Waals surface area contributed by atoms with Crippen molar-refractivity contribution in [2.75, 3.05) is 0 Å². The van der Waals surface area contributed by atoms with Crippen LogP contribution in [0.5, 0.6) is 0 Å². The van der Waals surface area contributed by atoms with Crippen molar-refractivity contribution >= 4 is 11.4 Å². The molecule has 2 aromatic rings. The number of benzene rings is 2. The van der Waals surface area contributed by atoms with Gasteiger partial charge in [0.1, 0.15) is 0 Å². The van der Waals surface area contributed by atoms with E-state index in [1.165, 1.54) is 160 Å². The van der Waals surface area contributed by atoms with Crippen LogP contribution in [0.15, 0.2) is 47.5 Å². The van der Waals surface area contributed by atoms with Gasteiger partial charge in [-0.15, -0.1) is 0 Å². The molecule has 266 valence electrons. The molecule has 3 rings (SSSR count). The maximum absolute atomic E-state index is 12.5. The molecule has 0 amide bonds. The first kappa shape index (κ1) is 40.0. The van der Waals surface area contributed by atoms with E-state index in [1.807, 2.05) is 0 Å². The Morgan fingerprint density at radius 3 is 0.854 bits per heavy atom. The first-order chi connectivity index (χ1) is 23.5. The fourth-order valence-electron chi connectivity index (χ4n) is 7.58. The van der Waals surface area contributed by atoms with E-state index in [0.717, 1.165) is 49.9 Å². The highest BCUT2D eigenvalue weighted by Crippen LogP contribution is 2.45. The Bertz CT molecular complexity index is 1150. The van der Waals surface area contributed by atoms with E-state index in [2.05, 4.69) is 77.9 Å². The predicted octanol–water partition coefficient (Wildman–Crippen LogP) is 14.9. The van der Waals surface area contributed by atoms with Crippen molar-refractivity contribution in [3.63, 3.8) is 0 Å². The van der Waals surface area contributed by atoms with Gasteiger partial charge < -0.3 is 5.53 Å². The van der Waals surface area contributed by atoms with Crippen molar-refractivity contribution in [2.24, 2.45) is 0 Å². The van der Waals surface area contributed by atoms with Crippen molar-refractivity contribution in [1.29, 1.82) is 0 Å². The molecule has 0 aliphatic carbocycles. The molecule has 0 fully saturated rings. The van der Waals surface area contributed by atoms with E-state index in [4.69, 9.17) is 0 Å². The van der Waals surface area contributed by atoms with E-state index in [9.17, 15) is 5.53 Å². The second kappa shape index (κ2) is 23.0. The van der Waals surface area contributed by atoms with Crippen molar-refractivity contribution in [2.45, 2.75) is 196 Å². The maximum atomic E-state index is 12.5. The van der Waals surface area contributed by atoms with Gasteiger partial charge in [0.15, 0.2) is 0 Å². The van der Waals surface area contributed by atoms with Gasteiger partial charge >= 0.3 is 0 Å². The molecule has 1 heterocycles. The number of aryl methyl sites for hydroxylation is 4. The van der Waals surface area contributed by atoms with Crippen LogP contribution in [0, 0.1) is 0 Å². The van der Waals surface area contributed by atoms with Crippen LogP contribution in [0.4, 0.5) is 0 Å². The van der Waals surface area contributed by atoms with Crippen LogP contribution in [0.1, 0.15) is 203 Å². The fraction of sp³-hybridized carbons (Fsp3) is 0.652. The van der Waals surface area contributed by atoms with Gasteiger partial charge in [-0.05, 0) is 124 Å². The molecular weight excluding hydrogens is 581 g/mol. The summed E-state index contributed by atoms with van der Waals surface area (Å²) in [5, 5.41) is 0. The van der Waals surface area contributed by atoms with Gasteiger partial charge in [0, 0.05) is 22.3 Å². The monoisotopic (exact) mass is 653 g/mol. The summed E-state index contributed by atoms with van der Waals surface area (Å²) in [7, 11) is 0. The lowest BCUT2D eigenvalue weighted by molar-refractivity contribution is -0.345. The summed E-state index contributed by atoms with van der Waals surface area (Å²) in [5.41, 5.74) is 25.7. The third-order valence-corrected chi connectivity index (χ3v) is 10.3. The summed E-state index contributed by atoms with van der Waals surface area (Å²) < 4.78 is 1.67. The first-order valence-electron chi connectivity index (χ1n) is 20.7. The van der Waals surface area contributed by atoms with Gasteiger partial charge in [-0.1, -0.05) is 131 Å². The molecule has 0 spiro atoms. The summed E-state index contributed by atoms with van der Waals surface area (Å²) in [5.74, 6) is 0. The molecule has 0 radical (unpaired) electrons. The van der Waals surface area contributed by atoms with E-state index in [-0.39, 0.29) is 0 Å². The second-order valence-corrected chi connectivity index (χ2v) is 14.8. The molecule has 0 saturated carbocycles. The lowest BCUT2D eigenvalue weighted by atomic mass is 9.89. The fourth-order valence-corrected chi connectivity index (χ4v) is 7.58. The largest absolute Gasteiger partial charge is 0.493 e.